The molecule has 2 heteroatoms. The number of hydrogen-bond donors (Lipinski definition) is 0. The largest absolute Gasteiger partial charge is 0.459 e. The normalized spacial score (nSPS) is 13.6. The Kier molecular flexibility index (Phi) is 12.1. The van der Waals surface area contributed by atoms with Gasteiger partial charge in [-0.05, 0) is 49.7 Å². The Hall–Kier alpha value is -1.31. The van der Waals surface area contributed by atoms with Gasteiger partial charge in [-0.3, -0.25) is 0 Å². The molecule has 0 aliphatic rings. The van der Waals surface area contributed by atoms with Gasteiger partial charge in [0.25, 0.3) is 0 Å². The standard InChI is InChI=1S/C24H40O2/c1-5-9-13-21(8-4)17-19-23(18-16-20(6-2)7-3)26-24(25)22-14-11-10-12-15-22/h10-12,14-15,20-21,23H,5-9,13,16-19H2,1-4H3/t21-,23-/m0/s1. The smallest absolute Gasteiger partial charge is 0.338 e. The van der Waals surface area contributed by atoms with E-state index in [4.69, 9.17) is 4.74 Å². The van der Waals surface area contributed by atoms with Crippen LogP contribution in [0.1, 0.15) is 102 Å². The number of esters is 1. The molecule has 1 aromatic rings. The van der Waals surface area contributed by atoms with Crippen molar-refractivity contribution in [2.75, 3.05) is 0 Å². The van der Waals surface area contributed by atoms with E-state index in [1.54, 1.807) is 0 Å². The van der Waals surface area contributed by atoms with Crippen LogP contribution in [0.5, 0.6) is 0 Å². The number of carbonyl (C=O) groups excluding carboxylic acids is 1. The zero-order chi connectivity index (χ0) is 19.2. The van der Waals surface area contributed by atoms with Crippen LogP contribution in [0, 0.1) is 11.8 Å². The number of unbranched alkanes of at least 4 members (excludes halogenated alkanes) is 1. The van der Waals surface area contributed by atoms with E-state index in [0.29, 0.717) is 5.56 Å². The summed E-state index contributed by atoms with van der Waals surface area (Å²) >= 11 is 0. The number of rotatable bonds is 14. The van der Waals surface area contributed by atoms with Crippen molar-refractivity contribution >= 4 is 5.97 Å². The third kappa shape index (κ3) is 8.87. The number of ether oxygens (including phenoxy) is 1. The molecule has 0 spiro atoms. The molecule has 0 aliphatic carbocycles. The molecular weight excluding hydrogens is 320 g/mol. The summed E-state index contributed by atoms with van der Waals surface area (Å²) in [7, 11) is 0. The van der Waals surface area contributed by atoms with E-state index in [0.717, 1.165) is 31.1 Å². The van der Waals surface area contributed by atoms with Crippen LogP contribution in [-0.2, 0) is 4.74 Å². The molecular formula is C24H40O2. The van der Waals surface area contributed by atoms with E-state index in [1.165, 1.54) is 44.9 Å². The fraction of sp³-hybridized carbons (Fsp3) is 0.708. The summed E-state index contributed by atoms with van der Waals surface area (Å²) in [5.74, 6) is 1.35. The van der Waals surface area contributed by atoms with Gasteiger partial charge in [0.2, 0.25) is 0 Å². The quantitative estimate of drug-likeness (QED) is 0.322. The molecule has 26 heavy (non-hydrogen) atoms. The Morgan fingerprint density at radius 1 is 0.808 bits per heavy atom. The highest BCUT2D eigenvalue weighted by atomic mass is 16.5. The first-order valence-electron chi connectivity index (χ1n) is 10.9. The highest BCUT2D eigenvalue weighted by Crippen LogP contribution is 2.25. The zero-order valence-electron chi connectivity index (χ0n) is 17.5. The number of benzene rings is 1. The second kappa shape index (κ2) is 13.8. The van der Waals surface area contributed by atoms with Gasteiger partial charge in [-0.1, -0.05) is 84.4 Å². The van der Waals surface area contributed by atoms with Gasteiger partial charge in [0.1, 0.15) is 6.10 Å². The summed E-state index contributed by atoms with van der Waals surface area (Å²) in [5, 5.41) is 0. The van der Waals surface area contributed by atoms with Crippen molar-refractivity contribution in [2.24, 2.45) is 11.8 Å². The van der Waals surface area contributed by atoms with E-state index in [2.05, 4.69) is 27.7 Å². The molecule has 148 valence electrons. The maximum Gasteiger partial charge on any atom is 0.338 e. The second-order valence-corrected chi connectivity index (χ2v) is 7.65. The van der Waals surface area contributed by atoms with Crippen LogP contribution >= 0.6 is 0 Å². The molecule has 1 rings (SSSR count). The van der Waals surface area contributed by atoms with Crippen molar-refractivity contribution in [1.82, 2.24) is 0 Å². The van der Waals surface area contributed by atoms with Gasteiger partial charge in [0.05, 0.1) is 5.56 Å². The molecule has 0 heterocycles. The topological polar surface area (TPSA) is 26.3 Å². The second-order valence-electron chi connectivity index (χ2n) is 7.65. The Labute approximate surface area is 161 Å². The van der Waals surface area contributed by atoms with Gasteiger partial charge in [-0.2, -0.15) is 0 Å². The Morgan fingerprint density at radius 2 is 1.38 bits per heavy atom. The first kappa shape index (κ1) is 22.7. The molecule has 0 amide bonds. The minimum absolute atomic E-state index is 0.0546. The fourth-order valence-corrected chi connectivity index (χ4v) is 3.64. The SMILES string of the molecule is CCCC[C@H](CC)CC[C@H](CCC(CC)CC)OC(=O)c1ccccc1. The third-order valence-corrected chi connectivity index (χ3v) is 5.77. The van der Waals surface area contributed by atoms with Crippen LogP contribution in [0.3, 0.4) is 0 Å². The fourth-order valence-electron chi connectivity index (χ4n) is 3.64. The summed E-state index contributed by atoms with van der Waals surface area (Å²) in [6.45, 7) is 9.07. The summed E-state index contributed by atoms with van der Waals surface area (Å²) in [5.41, 5.74) is 0.665. The van der Waals surface area contributed by atoms with Crippen molar-refractivity contribution in [3.05, 3.63) is 35.9 Å². The predicted octanol–water partition coefficient (Wildman–Crippen LogP) is 7.43. The van der Waals surface area contributed by atoms with Crippen LogP contribution < -0.4 is 0 Å². The van der Waals surface area contributed by atoms with Gasteiger partial charge < -0.3 is 4.74 Å². The average Bonchev–Trinajstić information content (AvgIpc) is 2.69. The van der Waals surface area contributed by atoms with Crippen molar-refractivity contribution < 1.29 is 9.53 Å². The van der Waals surface area contributed by atoms with Gasteiger partial charge in [-0.15, -0.1) is 0 Å². The molecule has 0 saturated heterocycles. The van der Waals surface area contributed by atoms with Crippen LogP contribution in [0.4, 0.5) is 0 Å². The van der Waals surface area contributed by atoms with Crippen molar-refractivity contribution in [1.29, 1.82) is 0 Å². The molecule has 2 atom stereocenters. The first-order chi connectivity index (χ1) is 12.6. The molecule has 0 radical (unpaired) electrons. The van der Waals surface area contributed by atoms with Crippen molar-refractivity contribution in [3.8, 4) is 0 Å². The lowest BCUT2D eigenvalue weighted by Crippen LogP contribution is -2.20. The van der Waals surface area contributed by atoms with Crippen LogP contribution in [0.15, 0.2) is 30.3 Å². The maximum absolute atomic E-state index is 12.5. The third-order valence-electron chi connectivity index (χ3n) is 5.77. The summed E-state index contributed by atoms with van der Waals surface area (Å²) < 4.78 is 5.94. The predicted molar refractivity (Wildman–Crippen MR) is 111 cm³/mol. The lowest BCUT2D eigenvalue weighted by Gasteiger charge is -2.23. The minimum atomic E-state index is -0.165. The van der Waals surface area contributed by atoms with E-state index in [9.17, 15) is 4.79 Å². The molecule has 0 aliphatic heterocycles. The summed E-state index contributed by atoms with van der Waals surface area (Å²) in [6, 6.07) is 9.41. The highest BCUT2D eigenvalue weighted by Gasteiger charge is 2.19. The van der Waals surface area contributed by atoms with E-state index in [1.807, 2.05) is 30.3 Å². The summed E-state index contributed by atoms with van der Waals surface area (Å²) in [4.78, 5) is 12.5. The van der Waals surface area contributed by atoms with Crippen molar-refractivity contribution in [3.63, 3.8) is 0 Å². The van der Waals surface area contributed by atoms with Crippen LogP contribution in [0.25, 0.3) is 0 Å². The summed E-state index contributed by atoms with van der Waals surface area (Å²) in [6.07, 6.45) is 11.9. The Bertz CT molecular complexity index is 464. The highest BCUT2D eigenvalue weighted by molar-refractivity contribution is 5.89. The Balaban J connectivity index is 2.63. The van der Waals surface area contributed by atoms with E-state index < -0.39 is 0 Å². The lowest BCUT2D eigenvalue weighted by molar-refractivity contribution is 0.0227. The lowest BCUT2D eigenvalue weighted by atomic mass is 9.90. The van der Waals surface area contributed by atoms with E-state index in [-0.39, 0.29) is 12.1 Å². The monoisotopic (exact) mass is 360 g/mol. The first-order valence-corrected chi connectivity index (χ1v) is 10.9. The molecule has 1 aromatic carbocycles. The number of carbonyl (C=O) groups is 1. The molecule has 2 nitrogen and oxygen atoms in total. The molecule has 0 N–H and O–H groups in total. The molecule has 0 unspecified atom stereocenters. The van der Waals surface area contributed by atoms with Gasteiger partial charge in [-0.25, -0.2) is 4.79 Å². The molecule has 0 bridgehead atoms. The Morgan fingerprint density at radius 3 is 1.92 bits per heavy atom. The van der Waals surface area contributed by atoms with Crippen LogP contribution in [-0.4, -0.2) is 12.1 Å². The van der Waals surface area contributed by atoms with Crippen LogP contribution in [0.2, 0.25) is 0 Å². The van der Waals surface area contributed by atoms with Gasteiger partial charge in [0.15, 0.2) is 0 Å². The van der Waals surface area contributed by atoms with E-state index >= 15 is 0 Å². The van der Waals surface area contributed by atoms with Crippen molar-refractivity contribution in [2.45, 2.75) is 98.0 Å². The minimum Gasteiger partial charge on any atom is -0.459 e. The van der Waals surface area contributed by atoms with Gasteiger partial charge >= 0.3 is 5.97 Å². The maximum atomic E-state index is 12.5. The molecule has 0 aromatic heterocycles. The number of hydrogen-bond acceptors (Lipinski definition) is 2. The zero-order valence-corrected chi connectivity index (χ0v) is 17.5. The van der Waals surface area contributed by atoms with Gasteiger partial charge in [0, 0.05) is 0 Å². The molecule has 0 fully saturated rings. The average molecular weight is 361 g/mol. The molecule has 0 saturated carbocycles.